The molecule has 0 saturated carbocycles. The molecule has 0 radical (unpaired) electrons. The van der Waals surface area contributed by atoms with Crippen LogP contribution in [0.15, 0.2) is 101 Å². The number of para-hydroxylation sites is 1. The molecule has 346 valence electrons. The maximum Gasteiger partial charge on any atom is 0.264 e. The quantitative estimate of drug-likeness (QED) is 0.161. The summed E-state index contributed by atoms with van der Waals surface area (Å²) in [6.07, 6.45) is 4.76. The van der Waals surface area contributed by atoms with E-state index in [1.165, 1.54) is 124 Å². The molecule has 6 aromatic carbocycles. The highest BCUT2D eigenvalue weighted by atomic mass is 32.1. The third-order valence-electron chi connectivity index (χ3n) is 17.3. The summed E-state index contributed by atoms with van der Waals surface area (Å²) in [6, 6.07) is 38.7. The number of anilines is 6. The largest absolute Gasteiger partial charge is 0.456 e. The van der Waals surface area contributed by atoms with Crippen molar-refractivity contribution in [1.29, 1.82) is 0 Å². The highest BCUT2D eigenvalue weighted by Gasteiger charge is 2.48. The highest BCUT2D eigenvalue weighted by molar-refractivity contribution is 7.33. The Labute approximate surface area is 410 Å². The van der Waals surface area contributed by atoms with Crippen LogP contribution in [0.1, 0.15) is 162 Å². The van der Waals surface area contributed by atoms with Gasteiger partial charge in [0, 0.05) is 48.6 Å². The van der Waals surface area contributed by atoms with Gasteiger partial charge in [0.25, 0.3) is 6.71 Å². The van der Waals surface area contributed by atoms with Crippen LogP contribution in [0.25, 0.3) is 32.0 Å². The molecule has 0 saturated heterocycles. The lowest BCUT2D eigenvalue weighted by Crippen LogP contribution is -2.60. The Kier molecular flexibility index (Phi) is 9.03. The van der Waals surface area contributed by atoms with Crippen molar-refractivity contribution in [2.24, 2.45) is 0 Å². The van der Waals surface area contributed by atoms with Crippen molar-refractivity contribution in [3.63, 3.8) is 0 Å². The molecule has 2 aliphatic carbocycles. The number of fused-ring (bicyclic) bond motifs is 11. The third-order valence-corrected chi connectivity index (χ3v) is 18.5. The molecule has 0 unspecified atom stereocenters. The third kappa shape index (κ3) is 6.22. The fourth-order valence-electron chi connectivity index (χ4n) is 13.0. The molecule has 0 N–H and O–H groups in total. The lowest BCUT2D eigenvalue weighted by Gasteiger charge is -2.45. The van der Waals surface area contributed by atoms with E-state index in [9.17, 15) is 0 Å². The van der Waals surface area contributed by atoms with Gasteiger partial charge in [-0.1, -0.05) is 139 Å². The summed E-state index contributed by atoms with van der Waals surface area (Å²) in [4.78, 5) is 5.35. The Balaban J connectivity index is 1.23. The summed E-state index contributed by atoms with van der Waals surface area (Å²) < 4.78 is 9.80. The first-order chi connectivity index (χ1) is 31.9. The van der Waals surface area contributed by atoms with Gasteiger partial charge >= 0.3 is 0 Å². The molecule has 2 aromatic heterocycles. The fraction of sp³-hybridized carbons (Fsp3) is 0.397. The minimum Gasteiger partial charge on any atom is -0.456 e. The number of thiophene rings is 1. The predicted molar refractivity (Wildman–Crippen MR) is 296 cm³/mol. The predicted octanol–water partition coefficient (Wildman–Crippen LogP) is 16.5. The van der Waals surface area contributed by atoms with E-state index in [1.54, 1.807) is 0 Å². The van der Waals surface area contributed by atoms with Gasteiger partial charge in [-0.2, -0.15) is 0 Å². The zero-order chi connectivity index (χ0) is 48.0. The summed E-state index contributed by atoms with van der Waals surface area (Å²) >= 11 is 2.05. The second kappa shape index (κ2) is 14.0. The second-order valence-corrected chi connectivity index (χ2v) is 27.1. The van der Waals surface area contributed by atoms with E-state index in [1.807, 2.05) is 0 Å². The SMILES string of the molecule is Cc1cc2c3c(c1)N(c1ccc(C(C)(C)C)c4oc5ccccc5c14)c1ccc(C(C)(C)C)cc1B3c1sc3cc4c(cc3c1N2c1ccc2c(c1)C(C)(C)CCC2(C)C)C(C)(C)CCC4(C)C. The first-order valence-electron chi connectivity index (χ1n) is 25.5. The first kappa shape index (κ1) is 44.0. The van der Waals surface area contributed by atoms with Gasteiger partial charge in [-0.25, -0.2) is 0 Å². The molecule has 4 heterocycles. The van der Waals surface area contributed by atoms with Crippen molar-refractivity contribution < 1.29 is 4.42 Å². The van der Waals surface area contributed by atoms with Crippen molar-refractivity contribution in [2.45, 2.75) is 162 Å². The minimum absolute atomic E-state index is 0.0364. The Bertz CT molecular complexity index is 3470. The number of rotatable bonds is 2. The molecule has 0 atom stereocenters. The summed E-state index contributed by atoms with van der Waals surface area (Å²) in [5, 5.41) is 3.72. The Morgan fingerprint density at radius 3 is 1.82 bits per heavy atom. The van der Waals surface area contributed by atoms with Gasteiger partial charge < -0.3 is 14.2 Å². The van der Waals surface area contributed by atoms with E-state index in [2.05, 4.69) is 222 Å². The molecule has 0 bridgehead atoms. The number of nitrogens with zero attached hydrogens (tertiary/aromatic N) is 2. The van der Waals surface area contributed by atoms with Crippen molar-refractivity contribution in [3.8, 4) is 0 Å². The molecule has 3 nitrogen and oxygen atoms in total. The average molecular weight is 913 g/mol. The van der Waals surface area contributed by atoms with Gasteiger partial charge in [0.15, 0.2) is 0 Å². The summed E-state index contributed by atoms with van der Waals surface area (Å²) in [5.41, 5.74) is 22.4. The van der Waals surface area contributed by atoms with Crippen LogP contribution < -0.4 is 25.5 Å². The molecule has 0 fully saturated rings. The lowest BCUT2D eigenvalue weighted by molar-refractivity contribution is 0.332. The monoisotopic (exact) mass is 913 g/mol. The molecule has 68 heavy (non-hydrogen) atoms. The fourth-order valence-corrected chi connectivity index (χ4v) is 14.3. The highest BCUT2D eigenvalue weighted by Crippen LogP contribution is 2.55. The number of furan rings is 1. The Hall–Kier alpha value is -5.26. The van der Waals surface area contributed by atoms with E-state index >= 15 is 0 Å². The number of aryl methyl sites for hydroxylation is 1. The molecule has 0 amide bonds. The Morgan fingerprint density at radius 1 is 0.559 bits per heavy atom. The molecule has 8 aromatic rings. The van der Waals surface area contributed by atoms with Crippen LogP contribution in [-0.2, 0) is 32.5 Å². The van der Waals surface area contributed by atoms with E-state index < -0.39 is 0 Å². The van der Waals surface area contributed by atoms with E-state index in [4.69, 9.17) is 4.42 Å². The Morgan fingerprint density at radius 2 is 1.16 bits per heavy atom. The standard InChI is InChI=1S/C63H69BN2OS/c1-36-30-49-54-50(31-36)66(48-25-23-42(59(5,6)7)56-53(48)39-18-16-17-19-51(39)67-56)47-24-20-37(58(2,3)4)32-46(47)64(54)57-55(40-34-44-45(35-52(40)68-57)63(14,15)29-28-62(44,12)13)65(49)38-21-22-41-43(33-38)61(10,11)27-26-60(41,8)9/h16-25,30-35H,26-29H2,1-15H3. The van der Waals surface area contributed by atoms with Gasteiger partial charge in [0.1, 0.15) is 11.2 Å². The van der Waals surface area contributed by atoms with Gasteiger partial charge in [0.05, 0.1) is 16.8 Å². The molecule has 4 aliphatic rings. The molecular weight excluding hydrogens is 844 g/mol. The smallest absolute Gasteiger partial charge is 0.264 e. The van der Waals surface area contributed by atoms with Gasteiger partial charge in [-0.3, -0.25) is 0 Å². The van der Waals surface area contributed by atoms with Crippen LogP contribution in [0.4, 0.5) is 34.1 Å². The minimum atomic E-state index is -0.111. The first-order valence-corrected chi connectivity index (χ1v) is 26.3. The van der Waals surface area contributed by atoms with Gasteiger partial charge in [-0.05, 0) is 164 Å². The maximum atomic E-state index is 6.95. The summed E-state index contributed by atoms with van der Waals surface area (Å²) in [7, 11) is 0. The van der Waals surface area contributed by atoms with Crippen molar-refractivity contribution in [2.75, 3.05) is 9.80 Å². The van der Waals surface area contributed by atoms with Crippen LogP contribution in [-0.4, -0.2) is 6.71 Å². The molecule has 0 spiro atoms. The van der Waals surface area contributed by atoms with Crippen molar-refractivity contribution >= 4 is 99.9 Å². The van der Waals surface area contributed by atoms with Crippen LogP contribution in [0.5, 0.6) is 0 Å². The van der Waals surface area contributed by atoms with Crippen molar-refractivity contribution in [3.05, 3.63) is 136 Å². The zero-order valence-electron chi connectivity index (χ0n) is 43.4. The van der Waals surface area contributed by atoms with Crippen LogP contribution in [0.3, 0.4) is 0 Å². The van der Waals surface area contributed by atoms with Crippen LogP contribution >= 0.6 is 11.3 Å². The molecular formula is C63H69BN2OS. The second-order valence-electron chi connectivity index (χ2n) is 26.0. The average Bonchev–Trinajstić information content (AvgIpc) is 3.84. The van der Waals surface area contributed by atoms with E-state index in [0.29, 0.717) is 0 Å². The maximum absolute atomic E-state index is 6.95. The summed E-state index contributed by atoms with van der Waals surface area (Å²) in [6.45, 7) is 36.1. The molecule has 12 rings (SSSR count). The molecule has 5 heteroatoms. The van der Waals surface area contributed by atoms with Crippen molar-refractivity contribution in [1.82, 2.24) is 0 Å². The summed E-state index contributed by atoms with van der Waals surface area (Å²) in [5.74, 6) is 0. The molecule has 2 aliphatic heterocycles. The number of hydrogen-bond donors (Lipinski definition) is 0. The van der Waals surface area contributed by atoms with Gasteiger partial charge in [0.2, 0.25) is 0 Å². The van der Waals surface area contributed by atoms with Gasteiger partial charge in [-0.15, -0.1) is 11.3 Å². The van der Waals surface area contributed by atoms with E-state index in [-0.39, 0.29) is 39.2 Å². The van der Waals surface area contributed by atoms with E-state index in [0.717, 1.165) is 22.2 Å². The topological polar surface area (TPSA) is 19.6 Å². The normalized spacial score (nSPS) is 18.7. The number of hydrogen-bond acceptors (Lipinski definition) is 4. The lowest BCUT2D eigenvalue weighted by atomic mass is 9.36. The zero-order valence-corrected chi connectivity index (χ0v) is 44.2. The van der Waals surface area contributed by atoms with Crippen LogP contribution in [0, 0.1) is 6.92 Å². The number of benzene rings is 6. The van der Waals surface area contributed by atoms with Crippen LogP contribution in [0.2, 0.25) is 0 Å².